The number of allylic oxidation sites excluding steroid dienone is 1. The van der Waals surface area contributed by atoms with Gasteiger partial charge in [-0.05, 0) is 30.2 Å². The number of H-pyrrole nitrogens is 1. The van der Waals surface area contributed by atoms with E-state index >= 15 is 0 Å². The summed E-state index contributed by atoms with van der Waals surface area (Å²) in [6.45, 7) is 1.95. The smallest absolute Gasteiger partial charge is 0.256 e. The highest BCUT2D eigenvalue weighted by atomic mass is 16.5. The molecule has 0 radical (unpaired) electrons. The first-order valence-corrected chi connectivity index (χ1v) is 7.90. The van der Waals surface area contributed by atoms with Crippen LogP contribution in [0, 0.1) is 18.3 Å². The van der Waals surface area contributed by atoms with Crippen molar-refractivity contribution in [2.45, 2.75) is 12.8 Å². The number of aromatic amines is 1. The molecule has 25 heavy (non-hydrogen) atoms. The average molecular weight is 329 g/mol. The number of hydrogen-bond acceptors (Lipinski definition) is 4. The van der Waals surface area contributed by atoms with Crippen LogP contribution in [-0.4, -0.2) is 4.98 Å². The van der Waals surface area contributed by atoms with E-state index in [2.05, 4.69) is 11.1 Å². The van der Waals surface area contributed by atoms with Crippen LogP contribution in [0.1, 0.15) is 22.6 Å². The summed E-state index contributed by atoms with van der Waals surface area (Å²) in [5.74, 6) is -0.0913. The first-order chi connectivity index (χ1) is 12.1. The van der Waals surface area contributed by atoms with E-state index in [1.54, 1.807) is 0 Å². The van der Waals surface area contributed by atoms with E-state index in [1.165, 1.54) is 0 Å². The zero-order chi connectivity index (χ0) is 17.6. The molecule has 2 aromatic carbocycles. The van der Waals surface area contributed by atoms with Crippen molar-refractivity contribution in [2.24, 2.45) is 5.73 Å². The fourth-order valence-electron chi connectivity index (χ4n) is 3.39. The molecule has 3 aromatic rings. The highest BCUT2D eigenvalue weighted by Crippen LogP contribution is 2.43. The van der Waals surface area contributed by atoms with Crippen LogP contribution in [0.25, 0.3) is 10.9 Å². The number of nitrogens with zero attached hydrogens (tertiary/aromatic N) is 1. The molecule has 0 bridgehead atoms. The van der Waals surface area contributed by atoms with E-state index < -0.39 is 5.92 Å². The molecule has 5 nitrogen and oxygen atoms in total. The molecule has 1 aliphatic heterocycles. The van der Waals surface area contributed by atoms with Gasteiger partial charge in [0.25, 0.3) is 5.56 Å². The van der Waals surface area contributed by atoms with Crippen LogP contribution in [0.2, 0.25) is 0 Å². The Balaban J connectivity index is 2.12. The van der Waals surface area contributed by atoms with Crippen molar-refractivity contribution in [3.05, 3.63) is 87.0 Å². The molecule has 0 spiro atoms. The SMILES string of the molecule is Cc1ccccc1[C@@H]1C(C#N)=C(N)Oc2c1c(=O)[nH]c1ccccc21. The molecule has 4 rings (SSSR count). The molecule has 5 heteroatoms. The van der Waals surface area contributed by atoms with Crippen molar-refractivity contribution in [1.29, 1.82) is 5.26 Å². The first-order valence-electron chi connectivity index (χ1n) is 7.90. The lowest BCUT2D eigenvalue weighted by Gasteiger charge is -2.27. The lowest BCUT2D eigenvalue weighted by molar-refractivity contribution is 0.397. The third-order valence-corrected chi connectivity index (χ3v) is 4.58. The third kappa shape index (κ3) is 2.19. The van der Waals surface area contributed by atoms with Gasteiger partial charge in [-0.15, -0.1) is 0 Å². The molecule has 1 aromatic heterocycles. The van der Waals surface area contributed by atoms with Gasteiger partial charge in [0.2, 0.25) is 5.88 Å². The molecular formula is C20H15N3O2. The van der Waals surface area contributed by atoms with E-state index in [1.807, 2.05) is 55.5 Å². The molecule has 0 saturated heterocycles. The molecular weight excluding hydrogens is 314 g/mol. The van der Waals surface area contributed by atoms with E-state index in [0.29, 0.717) is 16.8 Å². The monoisotopic (exact) mass is 329 g/mol. The Kier molecular flexibility index (Phi) is 3.33. The van der Waals surface area contributed by atoms with Crippen LogP contribution in [-0.2, 0) is 0 Å². The molecule has 2 heterocycles. The van der Waals surface area contributed by atoms with Gasteiger partial charge in [-0.2, -0.15) is 5.26 Å². The Bertz CT molecular complexity index is 1140. The van der Waals surface area contributed by atoms with Crippen LogP contribution >= 0.6 is 0 Å². The largest absolute Gasteiger partial charge is 0.439 e. The second-order valence-corrected chi connectivity index (χ2v) is 6.02. The maximum Gasteiger partial charge on any atom is 0.256 e. The maximum absolute atomic E-state index is 12.8. The second-order valence-electron chi connectivity index (χ2n) is 6.02. The van der Waals surface area contributed by atoms with E-state index in [4.69, 9.17) is 10.5 Å². The summed E-state index contributed by atoms with van der Waals surface area (Å²) in [7, 11) is 0. The predicted octanol–water partition coefficient (Wildman–Crippen LogP) is 3.05. The molecule has 122 valence electrons. The van der Waals surface area contributed by atoms with Crippen molar-refractivity contribution in [2.75, 3.05) is 0 Å². The molecule has 0 aliphatic carbocycles. The zero-order valence-corrected chi connectivity index (χ0v) is 13.5. The quantitative estimate of drug-likeness (QED) is 0.718. The van der Waals surface area contributed by atoms with Gasteiger partial charge in [0.1, 0.15) is 17.4 Å². The van der Waals surface area contributed by atoms with Gasteiger partial charge < -0.3 is 15.5 Å². The van der Waals surface area contributed by atoms with Crippen molar-refractivity contribution >= 4 is 10.9 Å². The minimum Gasteiger partial charge on any atom is -0.439 e. The summed E-state index contributed by atoms with van der Waals surface area (Å²) in [5, 5.41) is 10.4. The topological polar surface area (TPSA) is 91.9 Å². The number of aromatic nitrogens is 1. The van der Waals surface area contributed by atoms with Gasteiger partial charge in [-0.25, -0.2) is 0 Å². The van der Waals surface area contributed by atoms with Crippen molar-refractivity contribution in [1.82, 2.24) is 4.98 Å². The summed E-state index contributed by atoms with van der Waals surface area (Å²) in [6.07, 6.45) is 0. The normalized spacial score (nSPS) is 16.2. The summed E-state index contributed by atoms with van der Waals surface area (Å²) in [6, 6.07) is 17.2. The minimum absolute atomic E-state index is 0.0407. The Morgan fingerprint density at radius 2 is 1.88 bits per heavy atom. The number of nitriles is 1. The zero-order valence-electron chi connectivity index (χ0n) is 13.5. The molecule has 1 aliphatic rings. The van der Waals surface area contributed by atoms with Gasteiger partial charge in [0.15, 0.2) is 0 Å². The number of benzene rings is 2. The molecule has 3 N–H and O–H groups in total. The number of nitrogens with two attached hydrogens (primary N) is 1. The molecule has 1 atom stereocenters. The van der Waals surface area contributed by atoms with Gasteiger partial charge >= 0.3 is 0 Å². The number of ether oxygens (including phenoxy) is 1. The lowest BCUT2D eigenvalue weighted by Crippen LogP contribution is -2.28. The maximum atomic E-state index is 12.8. The Morgan fingerprint density at radius 1 is 1.16 bits per heavy atom. The Hall–Kier alpha value is -3.52. The fourth-order valence-corrected chi connectivity index (χ4v) is 3.39. The van der Waals surface area contributed by atoms with Crippen LogP contribution in [0.4, 0.5) is 0 Å². The van der Waals surface area contributed by atoms with Crippen molar-refractivity contribution in [3.8, 4) is 11.8 Å². The minimum atomic E-state index is -0.552. The average Bonchev–Trinajstić information content (AvgIpc) is 2.61. The van der Waals surface area contributed by atoms with Crippen LogP contribution < -0.4 is 16.0 Å². The van der Waals surface area contributed by atoms with E-state index in [9.17, 15) is 10.1 Å². The van der Waals surface area contributed by atoms with Crippen LogP contribution in [0.5, 0.6) is 5.75 Å². The number of hydrogen-bond donors (Lipinski definition) is 2. The summed E-state index contributed by atoms with van der Waals surface area (Å²) >= 11 is 0. The predicted molar refractivity (Wildman–Crippen MR) is 95.0 cm³/mol. The van der Waals surface area contributed by atoms with E-state index in [-0.39, 0.29) is 17.0 Å². The standard InChI is InChI=1S/C20H15N3O2/c1-11-6-2-3-7-12(11)16-14(10-21)19(22)25-18-13-8-4-5-9-15(13)23-20(24)17(16)18/h2-9,16H,22H2,1H3,(H,23,24)/t16-/m1/s1. The van der Waals surface area contributed by atoms with Crippen LogP contribution in [0.3, 0.4) is 0 Å². The summed E-state index contributed by atoms with van der Waals surface area (Å²) in [4.78, 5) is 15.7. The first kappa shape index (κ1) is 15.0. The number of nitrogens with one attached hydrogen (secondary N) is 1. The van der Waals surface area contributed by atoms with Gasteiger partial charge in [-0.1, -0.05) is 36.4 Å². The molecule has 0 amide bonds. The van der Waals surface area contributed by atoms with Gasteiger partial charge in [0.05, 0.1) is 17.0 Å². The van der Waals surface area contributed by atoms with Crippen molar-refractivity contribution < 1.29 is 4.74 Å². The number of fused-ring (bicyclic) bond motifs is 3. The van der Waals surface area contributed by atoms with Gasteiger partial charge in [-0.3, -0.25) is 4.79 Å². The third-order valence-electron chi connectivity index (χ3n) is 4.58. The summed E-state index contributed by atoms with van der Waals surface area (Å²) < 4.78 is 5.74. The molecule has 0 saturated carbocycles. The highest BCUT2D eigenvalue weighted by molar-refractivity contribution is 5.87. The number of pyridine rings is 1. The summed E-state index contributed by atoms with van der Waals surface area (Å²) in [5.41, 5.74) is 8.96. The molecule has 0 unspecified atom stereocenters. The van der Waals surface area contributed by atoms with Crippen LogP contribution in [0.15, 0.2) is 64.8 Å². The lowest BCUT2D eigenvalue weighted by atomic mass is 9.81. The number of rotatable bonds is 1. The number of para-hydroxylation sites is 1. The number of aryl methyl sites for hydroxylation is 1. The van der Waals surface area contributed by atoms with Crippen molar-refractivity contribution in [3.63, 3.8) is 0 Å². The second kappa shape index (κ2) is 5.53. The Morgan fingerprint density at radius 3 is 2.64 bits per heavy atom. The highest BCUT2D eigenvalue weighted by Gasteiger charge is 2.35. The fraction of sp³-hybridized carbons (Fsp3) is 0.100. The van der Waals surface area contributed by atoms with E-state index in [0.717, 1.165) is 16.5 Å². The Labute approximate surface area is 144 Å². The molecule has 0 fully saturated rings. The van der Waals surface area contributed by atoms with Gasteiger partial charge in [0, 0.05) is 5.39 Å².